The smallest absolute Gasteiger partial charge is 0.408 e. The first kappa shape index (κ1) is 15.5. The van der Waals surface area contributed by atoms with E-state index in [9.17, 15) is 9.59 Å². The number of alkyl carbamates (subject to hydrolysis) is 1. The van der Waals surface area contributed by atoms with E-state index in [0.717, 1.165) is 29.5 Å². The summed E-state index contributed by atoms with van der Waals surface area (Å²) in [4.78, 5) is 27.7. The third-order valence-electron chi connectivity index (χ3n) is 3.81. The van der Waals surface area contributed by atoms with E-state index < -0.39 is 11.7 Å². The largest absolute Gasteiger partial charge is 0.444 e. The van der Waals surface area contributed by atoms with Gasteiger partial charge in [-0.1, -0.05) is 17.3 Å². The van der Waals surface area contributed by atoms with Crippen LogP contribution < -0.4 is 5.32 Å². The van der Waals surface area contributed by atoms with Gasteiger partial charge in [0.1, 0.15) is 5.60 Å². The Morgan fingerprint density at radius 2 is 2.17 bits per heavy atom. The molecule has 0 radical (unpaired) electrons. The maximum atomic E-state index is 11.9. The van der Waals surface area contributed by atoms with Crippen LogP contribution in [0.4, 0.5) is 4.79 Å². The molecule has 1 aliphatic heterocycles. The summed E-state index contributed by atoms with van der Waals surface area (Å²) in [6, 6.07) is 5.87. The molecule has 0 bridgehead atoms. The second kappa shape index (κ2) is 5.68. The average molecular weight is 316 g/mol. The van der Waals surface area contributed by atoms with Gasteiger partial charge in [0.05, 0.1) is 18.2 Å². The van der Waals surface area contributed by atoms with Crippen molar-refractivity contribution in [1.82, 2.24) is 5.32 Å². The Bertz CT molecular complexity index is 688. The van der Waals surface area contributed by atoms with Crippen LogP contribution in [0.25, 0.3) is 0 Å². The molecule has 1 atom stereocenters. The fraction of sp³-hybridized carbons (Fsp3) is 0.471. The zero-order valence-electron chi connectivity index (χ0n) is 13.5. The Labute approximate surface area is 134 Å². The molecule has 2 aliphatic rings. The molecule has 0 fully saturated rings. The van der Waals surface area contributed by atoms with Crippen LogP contribution in [0.2, 0.25) is 0 Å². The molecule has 1 aromatic rings. The lowest BCUT2D eigenvalue weighted by Crippen LogP contribution is -2.34. The van der Waals surface area contributed by atoms with Crippen LogP contribution in [0, 0.1) is 0 Å². The molecule has 0 aromatic heterocycles. The van der Waals surface area contributed by atoms with Gasteiger partial charge in [-0.2, -0.15) is 0 Å². The second-order valence-corrected chi connectivity index (χ2v) is 6.83. The third-order valence-corrected chi connectivity index (χ3v) is 3.81. The van der Waals surface area contributed by atoms with Crippen molar-refractivity contribution in [2.24, 2.45) is 5.16 Å². The van der Waals surface area contributed by atoms with Crippen LogP contribution in [0.3, 0.4) is 0 Å². The molecule has 3 rings (SSSR count). The molecule has 0 saturated carbocycles. The summed E-state index contributed by atoms with van der Waals surface area (Å²) in [7, 11) is 0. The molecule has 1 amide bonds. The lowest BCUT2D eigenvalue weighted by molar-refractivity contribution is -0.140. The predicted octanol–water partition coefficient (Wildman–Crippen LogP) is 2.85. The van der Waals surface area contributed by atoms with Crippen molar-refractivity contribution in [3.8, 4) is 0 Å². The summed E-state index contributed by atoms with van der Waals surface area (Å²) >= 11 is 0. The van der Waals surface area contributed by atoms with Crippen molar-refractivity contribution >= 4 is 17.8 Å². The van der Waals surface area contributed by atoms with Gasteiger partial charge in [-0.15, -0.1) is 0 Å². The maximum absolute atomic E-state index is 11.9. The van der Waals surface area contributed by atoms with Crippen molar-refractivity contribution in [2.45, 2.75) is 51.7 Å². The fourth-order valence-electron chi connectivity index (χ4n) is 2.86. The van der Waals surface area contributed by atoms with Crippen LogP contribution in [0.5, 0.6) is 0 Å². The molecule has 122 valence electrons. The molecular formula is C17H20N2O4. The summed E-state index contributed by atoms with van der Waals surface area (Å²) in [6.07, 6.45) is 1.50. The minimum Gasteiger partial charge on any atom is -0.444 e. The Morgan fingerprint density at radius 3 is 2.83 bits per heavy atom. The Kier molecular flexibility index (Phi) is 3.83. The van der Waals surface area contributed by atoms with Gasteiger partial charge in [0.25, 0.3) is 0 Å². The van der Waals surface area contributed by atoms with Crippen molar-refractivity contribution in [3.05, 3.63) is 34.9 Å². The van der Waals surface area contributed by atoms with Gasteiger partial charge in [0, 0.05) is 5.56 Å². The lowest BCUT2D eigenvalue weighted by atomic mass is 10.0. The first-order valence-electron chi connectivity index (χ1n) is 7.71. The highest BCUT2D eigenvalue weighted by atomic mass is 16.7. The highest BCUT2D eigenvalue weighted by molar-refractivity contribution is 6.11. The first-order valence-corrected chi connectivity index (χ1v) is 7.71. The topological polar surface area (TPSA) is 77.0 Å². The van der Waals surface area contributed by atoms with Gasteiger partial charge >= 0.3 is 12.1 Å². The van der Waals surface area contributed by atoms with E-state index >= 15 is 0 Å². The quantitative estimate of drug-likeness (QED) is 0.851. The summed E-state index contributed by atoms with van der Waals surface area (Å²) in [6.45, 7) is 5.52. The fourth-order valence-corrected chi connectivity index (χ4v) is 2.86. The van der Waals surface area contributed by atoms with Gasteiger partial charge in [-0.25, -0.2) is 9.59 Å². The van der Waals surface area contributed by atoms with Crippen LogP contribution in [-0.4, -0.2) is 23.4 Å². The second-order valence-electron chi connectivity index (χ2n) is 6.83. The predicted molar refractivity (Wildman–Crippen MR) is 84.1 cm³/mol. The normalized spacial score (nSPS) is 19.9. The molecule has 0 saturated heterocycles. The Morgan fingerprint density at radius 1 is 1.39 bits per heavy atom. The van der Waals surface area contributed by atoms with Crippen molar-refractivity contribution < 1.29 is 19.2 Å². The highest BCUT2D eigenvalue weighted by Gasteiger charge is 2.27. The number of carbonyl (C=O) groups excluding carboxylic acids is 2. The van der Waals surface area contributed by atoms with Crippen LogP contribution >= 0.6 is 0 Å². The number of rotatable bonds is 2. The number of fused-ring (bicyclic) bond motifs is 1. The van der Waals surface area contributed by atoms with E-state index in [0.29, 0.717) is 5.71 Å². The molecule has 6 heteroatoms. The summed E-state index contributed by atoms with van der Waals surface area (Å²) in [5, 5.41) is 6.71. The molecule has 23 heavy (non-hydrogen) atoms. The molecule has 1 N–H and O–H groups in total. The van der Waals surface area contributed by atoms with E-state index in [4.69, 9.17) is 4.74 Å². The zero-order valence-corrected chi connectivity index (χ0v) is 13.5. The maximum Gasteiger partial charge on any atom is 0.408 e. The Hall–Kier alpha value is -2.37. The van der Waals surface area contributed by atoms with Gasteiger partial charge in [0.15, 0.2) is 0 Å². The third kappa shape index (κ3) is 3.52. The molecular weight excluding hydrogens is 296 g/mol. The molecule has 6 nitrogen and oxygen atoms in total. The number of nitrogens with zero attached hydrogens (tertiary/aromatic N) is 1. The zero-order chi connectivity index (χ0) is 16.6. The van der Waals surface area contributed by atoms with E-state index in [1.165, 1.54) is 0 Å². The Balaban J connectivity index is 1.71. The number of oxime groups is 1. The van der Waals surface area contributed by atoms with Crippen LogP contribution in [0.1, 0.15) is 56.3 Å². The standard InChI is InChI=1S/C17H20N2O4/c1-17(2,3)22-16(21)18-13-7-5-10-8-11(4-6-12(10)13)14-9-15(20)23-19-14/h4,6,8,13H,5,7,9H2,1-3H3,(H,18,21)/t13-/m0/s1. The highest BCUT2D eigenvalue weighted by Crippen LogP contribution is 2.32. The van der Waals surface area contributed by atoms with E-state index in [-0.39, 0.29) is 18.4 Å². The number of amides is 1. The van der Waals surface area contributed by atoms with Crippen LogP contribution in [0.15, 0.2) is 23.4 Å². The molecule has 0 spiro atoms. The van der Waals surface area contributed by atoms with Gasteiger partial charge in [-0.05, 0) is 50.8 Å². The molecule has 1 aliphatic carbocycles. The van der Waals surface area contributed by atoms with E-state index in [1.807, 2.05) is 39.0 Å². The lowest BCUT2D eigenvalue weighted by Gasteiger charge is -2.22. The monoisotopic (exact) mass is 316 g/mol. The molecule has 1 heterocycles. The minimum absolute atomic E-state index is 0.0442. The van der Waals surface area contributed by atoms with Gasteiger partial charge in [-0.3, -0.25) is 0 Å². The number of benzene rings is 1. The van der Waals surface area contributed by atoms with Gasteiger partial charge < -0.3 is 14.9 Å². The first-order chi connectivity index (χ1) is 10.8. The van der Waals surface area contributed by atoms with Crippen molar-refractivity contribution in [3.63, 3.8) is 0 Å². The average Bonchev–Trinajstić information content (AvgIpc) is 3.03. The number of carbonyl (C=O) groups is 2. The number of nitrogens with one attached hydrogen (secondary N) is 1. The number of aryl methyl sites for hydroxylation is 1. The minimum atomic E-state index is -0.511. The molecule has 0 unspecified atom stereocenters. The summed E-state index contributed by atoms with van der Waals surface area (Å²) < 4.78 is 5.31. The summed E-state index contributed by atoms with van der Waals surface area (Å²) in [5.41, 5.74) is 3.28. The molecule has 1 aromatic carbocycles. The van der Waals surface area contributed by atoms with E-state index in [2.05, 4.69) is 15.3 Å². The number of ether oxygens (including phenoxy) is 1. The SMILES string of the molecule is CC(C)(C)OC(=O)N[C@H]1CCc2cc(C3=NOC(=O)C3)ccc21. The number of hydrogen-bond acceptors (Lipinski definition) is 5. The summed E-state index contributed by atoms with van der Waals surface area (Å²) in [5.74, 6) is -0.329. The number of hydrogen-bond donors (Lipinski definition) is 1. The van der Waals surface area contributed by atoms with Crippen molar-refractivity contribution in [1.29, 1.82) is 0 Å². The van der Waals surface area contributed by atoms with E-state index in [1.54, 1.807) is 0 Å². The van der Waals surface area contributed by atoms with Crippen LogP contribution in [-0.2, 0) is 20.8 Å². The van der Waals surface area contributed by atoms with Crippen molar-refractivity contribution in [2.75, 3.05) is 0 Å². The van der Waals surface area contributed by atoms with Gasteiger partial charge in [0.2, 0.25) is 0 Å².